The maximum Gasteiger partial charge on any atom is 0.158 e. The van der Waals surface area contributed by atoms with Gasteiger partial charge in [-0.05, 0) is 72.8 Å². The normalized spacial score (nSPS) is 11.3. The Kier molecular flexibility index (Phi) is 9.40. The number of phenols is 1. The molecule has 7 rings (SSSR count). The van der Waals surface area contributed by atoms with Gasteiger partial charge in [0, 0.05) is 49.6 Å². The molecule has 0 unspecified atom stereocenters. The van der Waals surface area contributed by atoms with Gasteiger partial charge in [0.05, 0.1) is 17.1 Å². The molecule has 0 bridgehead atoms. The predicted molar refractivity (Wildman–Crippen MR) is 193 cm³/mol. The summed E-state index contributed by atoms with van der Waals surface area (Å²) in [6.07, 6.45) is 1.80. The van der Waals surface area contributed by atoms with E-state index in [0.717, 1.165) is 50.5 Å². The number of aromatic nitrogens is 5. The molecule has 0 radical (unpaired) electrons. The Bertz CT molecular complexity index is 2260. The van der Waals surface area contributed by atoms with E-state index in [0.29, 0.717) is 28.6 Å². The minimum Gasteiger partial charge on any atom is -0.507 e. The second kappa shape index (κ2) is 13.7. The Morgan fingerprint density at radius 3 is 2.08 bits per heavy atom. The summed E-state index contributed by atoms with van der Waals surface area (Å²) in [5, 5.41) is 13.1. The maximum absolute atomic E-state index is 10.8. The molecule has 4 aromatic carbocycles. The molecule has 7 nitrogen and oxygen atoms in total. The molecular weight excluding hydrogens is 788 g/mol. The summed E-state index contributed by atoms with van der Waals surface area (Å²) in [4.78, 5) is 26.3. The quantitative estimate of drug-likeness (QED) is 0.167. The predicted octanol–water partition coefficient (Wildman–Crippen LogP) is 9.70. The van der Waals surface area contributed by atoms with E-state index in [-0.39, 0.29) is 32.2 Å². The smallest absolute Gasteiger partial charge is 0.158 e. The van der Waals surface area contributed by atoms with Gasteiger partial charge in [0.15, 0.2) is 11.6 Å². The zero-order valence-corrected chi connectivity index (χ0v) is 30.2. The van der Waals surface area contributed by atoms with Crippen LogP contribution in [0.4, 0.5) is 17.2 Å². The van der Waals surface area contributed by atoms with E-state index in [1.807, 2.05) is 62.4 Å². The molecule has 0 atom stereocenters. The molecule has 0 amide bonds. The molecule has 3 heterocycles. The van der Waals surface area contributed by atoms with Crippen LogP contribution in [-0.4, -0.2) is 30.0 Å². The molecule has 7 aromatic rings. The first-order valence-corrected chi connectivity index (χ1v) is 15.9. The van der Waals surface area contributed by atoms with E-state index in [9.17, 15) is 5.11 Å². The fourth-order valence-corrected chi connectivity index (χ4v) is 5.87. The number of nitrogens with zero attached hydrogens (tertiary/aromatic N) is 6. The van der Waals surface area contributed by atoms with Gasteiger partial charge in [-0.2, -0.15) is 0 Å². The number of anilines is 3. The van der Waals surface area contributed by atoms with E-state index < -0.39 is 0 Å². The SMILES string of the molecule is Cc1cc(-c2nc(-c3[c-]c(N(c4ccccn4)c4cccc5ccccc45)cc(C(C)(C)C)c3)nc(-c3ccccc3O)n2)cc(C)n1.[Pt]. The number of pyridine rings is 2. The van der Waals surface area contributed by atoms with Crippen molar-refractivity contribution in [2.45, 2.75) is 40.0 Å². The van der Waals surface area contributed by atoms with E-state index in [1.165, 1.54) is 0 Å². The van der Waals surface area contributed by atoms with Gasteiger partial charge in [-0.3, -0.25) is 15.0 Å². The Morgan fingerprint density at radius 1 is 0.673 bits per heavy atom. The Morgan fingerprint density at radius 2 is 1.35 bits per heavy atom. The number of aryl methyl sites for hydroxylation is 2. The first-order chi connectivity index (χ1) is 23.1. The second-order valence-corrected chi connectivity index (χ2v) is 12.9. The zero-order chi connectivity index (χ0) is 33.4. The van der Waals surface area contributed by atoms with E-state index in [4.69, 9.17) is 19.9 Å². The molecule has 3 aromatic heterocycles. The topological polar surface area (TPSA) is 87.9 Å². The summed E-state index contributed by atoms with van der Waals surface area (Å²) in [6.45, 7) is 10.5. The van der Waals surface area contributed by atoms with Gasteiger partial charge < -0.3 is 10.0 Å². The number of rotatable bonds is 6. The van der Waals surface area contributed by atoms with Crippen LogP contribution in [0, 0.1) is 19.9 Å². The van der Waals surface area contributed by atoms with Crippen LogP contribution in [0.3, 0.4) is 0 Å². The van der Waals surface area contributed by atoms with Gasteiger partial charge in [0.1, 0.15) is 11.6 Å². The van der Waals surface area contributed by atoms with Crippen molar-refractivity contribution in [3.05, 3.63) is 138 Å². The van der Waals surface area contributed by atoms with Crippen LogP contribution in [-0.2, 0) is 26.5 Å². The van der Waals surface area contributed by atoms with Gasteiger partial charge >= 0.3 is 0 Å². The number of hydrogen-bond donors (Lipinski definition) is 1. The third-order valence-corrected chi connectivity index (χ3v) is 8.21. The van der Waals surface area contributed by atoms with Crippen molar-refractivity contribution in [2.75, 3.05) is 4.90 Å². The van der Waals surface area contributed by atoms with Crippen molar-refractivity contribution in [1.29, 1.82) is 0 Å². The number of hydrogen-bond acceptors (Lipinski definition) is 7. The minimum atomic E-state index is -0.219. The van der Waals surface area contributed by atoms with Crippen molar-refractivity contribution >= 4 is 28.0 Å². The zero-order valence-electron chi connectivity index (χ0n) is 27.9. The number of fused-ring (bicyclic) bond motifs is 1. The number of aromatic hydroxyl groups is 1. The molecule has 246 valence electrons. The van der Waals surface area contributed by atoms with Crippen LogP contribution < -0.4 is 4.90 Å². The summed E-state index contributed by atoms with van der Waals surface area (Å²) in [7, 11) is 0. The van der Waals surface area contributed by atoms with Gasteiger partial charge in [-0.15, -0.1) is 29.3 Å². The summed E-state index contributed by atoms with van der Waals surface area (Å²) in [5.74, 6) is 2.14. The van der Waals surface area contributed by atoms with Gasteiger partial charge in [0.2, 0.25) is 0 Å². The largest absolute Gasteiger partial charge is 0.507 e. The van der Waals surface area contributed by atoms with Gasteiger partial charge in [-0.1, -0.05) is 75.4 Å². The standard InChI is InChI=1S/C41H35N6O.Pt/c1-26-21-29(22-27(2)43-26)38-44-39(46-40(45-38)34-16-8-9-18-36(34)48)30-23-31(41(3,4)5)25-32(24-30)47(37-19-10-11-20-42-37)35-17-12-14-28-13-6-7-15-33(28)35;/h6-23,25,48H,1-5H3;/q-1;. The third-order valence-electron chi connectivity index (χ3n) is 8.21. The summed E-state index contributed by atoms with van der Waals surface area (Å²) in [5.41, 5.74) is 6.39. The Hall–Kier alpha value is -5.26. The van der Waals surface area contributed by atoms with Crippen LogP contribution in [0.15, 0.2) is 115 Å². The Labute approximate surface area is 301 Å². The number of phenolic OH excluding ortho intramolecular Hbond substituents is 1. The van der Waals surface area contributed by atoms with Crippen molar-refractivity contribution in [3.8, 4) is 39.9 Å². The average Bonchev–Trinajstić information content (AvgIpc) is 3.08. The molecule has 49 heavy (non-hydrogen) atoms. The summed E-state index contributed by atoms with van der Waals surface area (Å²) in [6, 6.07) is 39.5. The van der Waals surface area contributed by atoms with Crippen molar-refractivity contribution in [3.63, 3.8) is 0 Å². The molecule has 0 saturated carbocycles. The number of benzene rings is 4. The minimum absolute atomic E-state index is 0. The average molecular weight is 823 g/mol. The van der Waals surface area contributed by atoms with Gasteiger partial charge in [0.25, 0.3) is 0 Å². The Balaban J connectivity index is 0.00000417. The van der Waals surface area contributed by atoms with Crippen LogP contribution in [0.2, 0.25) is 0 Å². The van der Waals surface area contributed by atoms with Crippen molar-refractivity contribution < 1.29 is 26.2 Å². The van der Waals surface area contributed by atoms with E-state index in [2.05, 4.69) is 85.3 Å². The van der Waals surface area contributed by atoms with Crippen molar-refractivity contribution in [1.82, 2.24) is 24.9 Å². The summed E-state index contributed by atoms with van der Waals surface area (Å²) >= 11 is 0. The fraction of sp³-hybridized carbons (Fsp3) is 0.146. The van der Waals surface area contributed by atoms with E-state index in [1.54, 1.807) is 18.3 Å². The molecule has 1 N–H and O–H groups in total. The van der Waals surface area contributed by atoms with Crippen LogP contribution in [0.1, 0.15) is 37.7 Å². The molecule has 0 aliphatic rings. The molecule has 0 saturated heterocycles. The third kappa shape index (κ3) is 6.99. The van der Waals surface area contributed by atoms with Crippen molar-refractivity contribution in [2.24, 2.45) is 0 Å². The van der Waals surface area contributed by atoms with Crippen LogP contribution in [0.25, 0.3) is 44.9 Å². The molecule has 0 spiro atoms. The van der Waals surface area contributed by atoms with Gasteiger partial charge in [-0.25, -0.2) is 9.97 Å². The first-order valence-electron chi connectivity index (χ1n) is 15.9. The molecule has 8 heteroatoms. The van der Waals surface area contributed by atoms with Crippen LogP contribution in [0.5, 0.6) is 5.75 Å². The summed E-state index contributed by atoms with van der Waals surface area (Å²) < 4.78 is 0. The van der Waals surface area contributed by atoms with Crippen LogP contribution >= 0.6 is 0 Å². The monoisotopic (exact) mass is 822 g/mol. The molecule has 0 aliphatic heterocycles. The molecule has 0 fully saturated rings. The van der Waals surface area contributed by atoms with E-state index >= 15 is 0 Å². The maximum atomic E-state index is 10.8. The second-order valence-electron chi connectivity index (χ2n) is 12.9. The molecule has 0 aliphatic carbocycles. The fourth-order valence-electron chi connectivity index (χ4n) is 5.87. The first kappa shape index (κ1) is 33.6. The number of para-hydroxylation sites is 1. The molecular formula is C41H35N6OPt-.